The first-order chi connectivity index (χ1) is 12.7. The zero-order valence-corrected chi connectivity index (χ0v) is 17.8. The summed E-state index contributed by atoms with van der Waals surface area (Å²) in [5, 5.41) is 9.51. The lowest BCUT2D eigenvalue weighted by Crippen LogP contribution is -2.49. The van der Waals surface area contributed by atoms with E-state index in [1.807, 2.05) is 0 Å². The monoisotopic (exact) mass is 439 g/mol. The van der Waals surface area contributed by atoms with Crippen molar-refractivity contribution in [3.63, 3.8) is 0 Å². The van der Waals surface area contributed by atoms with Gasteiger partial charge in [0.15, 0.2) is 0 Å². The van der Waals surface area contributed by atoms with Crippen LogP contribution in [0.15, 0.2) is 42.5 Å². The summed E-state index contributed by atoms with van der Waals surface area (Å²) in [6.07, 6.45) is 3.09. The van der Waals surface area contributed by atoms with Crippen LogP contribution >= 0.6 is 36.4 Å². The Kier molecular flexibility index (Phi) is 8.00. The van der Waals surface area contributed by atoms with Crippen LogP contribution in [-0.2, 0) is 6.42 Å². The minimum atomic E-state index is -0.0815. The number of piperidine rings is 1. The van der Waals surface area contributed by atoms with E-state index >= 15 is 0 Å². The summed E-state index contributed by atoms with van der Waals surface area (Å²) in [4.78, 5) is 2.47. The molecular weight excluding hydrogens is 417 g/mol. The fourth-order valence-corrected chi connectivity index (χ4v) is 4.37. The van der Waals surface area contributed by atoms with E-state index in [4.69, 9.17) is 27.3 Å². The molecule has 2 N–H and O–H groups in total. The van der Waals surface area contributed by atoms with Crippen LogP contribution in [0.1, 0.15) is 35.6 Å². The average molecular weight is 441 g/mol. The molecule has 1 aliphatic heterocycles. The van der Waals surface area contributed by atoms with Crippen LogP contribution in [0.2, 0.25) is 5.02 Å². The van der Waals surface area contributed by atoms with Gasteiger partial charge in [0.1, 0.15) is 11.9 Å². The van der Waals surface area contributed by atoms with E-state index in [0.29, 0.717) is 16.3 Å². The summed E-state index contributed by atoms with van der Waals surface area (Å²) in [7, 11) is 0. The number of halogens is 3. The molecule has 0 bridgehead atoms. The Balaban J connectivity index is 0.00000140. The molecule has 3 atom stereocenters. The third kappa shape index (κ3) is 4.56. The molecule has 1 saturated heterocycles. The van der Waals surface area contributed by atoms with Crippen molar-refractivity contribution in [1.29, 1.82) is 5.26 Å². The maximum absolute atomic E-state index is 9.04. The molecule has 0 radical (unpaired) electrons. The van der Waals surface area contributed by atoms with E-state index in [-0.39, 0.29) is 43.0 Å². The van der Waals surface area contributed by atoms with Gasteiger partial charge in [-0.05, 0) is 55.1 Å². The first-order valence-corrected chi connectivity index (χ1v) is 9.47. The van der Waals surface area contributed by atoms with Gasteiger partial charge in [-0.3, -0.25) is 4.90 Å². The molecule has 0 spiro atoms. The fourth-order valence-electron chi connectivity index (χ4n) is 4.14. The quantitative estimate of drug-likeness (QED) is 0.762. The van der Waals surface area contributed by atoms with Gasteiger partial charge in [0.25, 0.3) is 0 Å². The van der Waals surface area contributed by atoms with Gasteiger partial charge in [0.05, 0.1) is 22.7 Å². The molecule has 4 nitrogen and oxygen atoms in total. The number of benzene rings is 2. The molecule has 1 aliphatic carbocycles. The van der Waals surface area contributed by atoms with Crippen molar-refractivity contribution >= 4 is 36.4 Å². The SMILES string of the molecule is Cl.Cl.N#Cc1ccc(O[C@@H]2c3ccccc3C[C@H]2N2CCC[C@@H](N)C2)c(Cl)c1. The summed E-state index contributed by atoms with van der Waals surface area (Å²) >= 11 is 6.36. The van der Waals surface area contributed by atoms with E-state index in [2.05, 4.69) is 35.2 Å². The summed E-state index contributed by atoms with van der Waals surface area (Å²) < 4.78 is 6.41. The number of rotatable bonds is 3. The lowest BCUT2D eigenvalue weighted by atomic mass is 10.0. The van der Waals surface area contributed by atoms with Gasteiger partial charge in [0, 0.05) is 12.6 Å². The second kappa shape index (κ2) is 9.82. The van der Waals surface area contributed by atoms with Crippen LogP contribution < -0.4 is 10.5 Å². The van der Waals surface area contributed by atoms with Crippen molar-refractivity contribution in [2.45, 2.75) is 37.5 Å². The number of hydrogen-bond donors (Lipinski definition) is 1. The van der Waals surface area contributed by atoms with Crippen LogP contribution in [0.4, 0.5) is 0 Å². The summed E-state index contributed by atoms with van der Waals surface area (Å²) in [6, 6.07) is 16.2. The Morgan fingerprint density at radius 2 is 1.96 bits per heavy atom. The largest absolute Gasteiger partial charge is 0.482 e. The highest BCUT2D eigenvalue weighted by Gasteiger charge is 2.39. The van der Waals surface area contributed by atoms with Gasteiger partial charge in [-0.1, -0.05) is 35.9 Å². The maximum Gasteiger partial charge on any atom is 0.140 e. The van der Waals surface area contributed by atoms with Crippen LogP contribution in [-0.4, -0.2) is 30.1 Å². The fraction of sp³-hybridized carbons (Fsp3) is 0.381. The van der Waals surface area contributed by atoms with Crippen LogP contribution in [0.3, 0.4) is 0 Å². The Hall–Kier alpha value is -1.48. The van der Waals surface area contributed by atoms with Crippen molar-refractivity contribution in [3.8, 4) is 11.8 Å². The molecule has 2 aromatic rings. The van der Waals surface area contributed by atoms with E-state index in [1.165, 1.54) is 11.1 Å². The van der Waals surface area contributed by atoms with Gasteiger partial charge in [-0.15, -0.1) is 24.8 Å². The molecule has 1 heterocycles. The molecule has 0 aromatic heterocycles. The Bertz CT molecular complexity index is 855. The van der Waals surface area contributed by atoms with Crippen LogP contribution in [0, 0.1) is 11.3 Å². The van der Waals surface area contributed by atoms with Gasteiger partial charge >= 0.3 is 0 Å². The van der Waals surface area contributed by atoms with Crippen LogP contribution in [0.25, 0.3) is 0 Å². The second-order valence-corrected chi connectivity index (χ2v) is 7.57. The number of fused-ring (bicyclic) bond motifs is 1. The Morgan fingerprint density at radius 3 is 2.68 bits per heavy atom. The van der Waals surface area contributed by atoms with E-state index in [1.54, 1.807) is 18.2 Å². The number of nitrogens with zero attached hydrogens (tertiary/aromatic N) is 2. The minimum absolute atomic E-state index is 0. The van der Waals surface area contributed by atoms with Gasteiger partial charge in [-0.2, -0.15) is 5.26 Å². The zero-order valence-electron chi connectivity index (χ0n) is 15.4. The molecular formula is C21H24Cl3N3O. The summed E-state index contributed by atoms with van der Waals surface area (Å²) in [6.45, 7) is 1.95. The average Bonchev–Trinajstić information content (AvgIpc) is 3.02. The second-order valence-electron chi connectivity index (χ2n) is 7.16. The highest BCUT2D eigenvalue weighted by atomic mass is 35.5. The van der Waals surface area contributed by atoms with Gasteiger partial charge in [0.2, 0.25) is 0 Å². The predicted molar refractivity (Wildman–Crippen MR) is 117 cm³/mol. The first kappa shape index (κ1) is 22.8. The lowest BCUT2D eigenvalue weighted by Gasteiger charge is -2.38. The molecule has 150 valence electrons. The number of ether oxygens (including phenoxy) is 1. The molecule has 4 rings (SSSR count). The van der Waals surface area contributed by atoms with Crippen LogP contribution in [0.5, 0.6) is 5.75 Å². The molecule has 0 saturated carbocycles. The lowest BCUT2D eigenvalue weighted by molar-refractivity contribution is 0.0594. The van der Waals surface area contributed by atoms with Crippen molar-refractivity contribution in [3.05, 3.63) is 64.2 Å². The van der Waals surface area contributed by atoms with Crippen molar-refractivity contribution in [1.82, 2.24) is 4.90 Å². The predicted octanol–water partition coefficient (Wildman–Crippen LogP) is 4.52. The molecule has 28 heavy (non-hydrogen) atoms. The number of nitrogens with two attached hydrogens (primary N) is 1. The van der Waals surface area contributed by atoms with Crippen molar-refractivity contribution < 1.29 is 4.74 Å². The molecule has 2 aromatic carbocycles. The topological polar surface area (TPSA) is 62.3 Å². The Morgan fingerprint density at radius 1 is 1.18 bits per heavy atom. The van der Waals surface area contributed by atoms with E-state index in [0.717, 1.165) is 32.4 Å². The highest BCUT2D eigenvalue weighted by molar-refractivity contribution is 6.32. The third-order valence-corrected chi connectivity index (χ3v) is 5.71. The zero-order chi connectivity index (χ0) is 18.1. The molecule has 2 aliphatic rings. The van der Waals surface area contributed by atoms with E-state index in [9.17, 15) is 0 Å². The summed E-state index contributed by atoms with van der Waals surface area (Å²) in [5.74, 6) is 0.624. The summed E-state index contributed by atoms with van der Waals surface area (Å²) in [5.41, 5.74) is 9.30. The van der Waals surface area contributed by atoms with E-state index < -0.39 is 0 Å². The van der Waals surface area contributed by atoms with Gasteiger partial charge in [-0.25, -0.2) is 0 Å². The number of likely N-dealkylation sites (tertiary alicyclic amines) is 1. The van der Waals surface area contributed by atoms with Gasteiger partial charge < -0.3 is 10.5 Å². The number of hydrogen-bond acceptors (Lipinski definition) is 4. The molecule has 1 fully saturated rings. The Labute approximate surface area is 183 Å². The third-order valence-electron chi connectivity index (χ3n) is 5.41. The standard InChI is InChI=1S/C21H22ClN3O.2ClH/c22-18-10-14(12-23)7-8-20(18)26-21-17-6-2-1-4-15(17)11-19(21)25-9-3-5-16(24)13-25;;/h1-2,4,6-8,10,16,19,21H,3,5,9,11,13,24H2;2*1H/t16-,19-,21-;;/m1../s1. The van der Waals surface area contributed by atoms with Crippen molar-refractivity contribution in [2.24, 2.45) is 5.73 Å². The normalized spacial score (nSPS) is 23.7. The first-order valence-electron chi connectivity index (χ1n) is 9.09. The maximum atomic E-state index is 9.04. The smallest absolute Gasteiger partial charge is 0.140 e. The molecule has 0 amide bonds. The van der Waals surface area contributed by atoms with Crippen molar-refractivity contribution in [2.75, 3.05) is 13.1 Å². The molecule has 0 unspecified atom stereocenters. The highest BCUT2D eigenvalue weighted by Crippen LogP contribution is 2.40. The minimum Gasteiger partial charge on any atom is -0.482 e. The molecule has 7 heteroatoms. The number of nitriles is 1.